The molecule has 1 heterocycles. The van der Waals surface area contributed by atoms with Gasteiger partial charge in [0.1, 0.15) is 5.75 Å². The van der Waals surface area contributed by atoms with Crippen molar-refractivity contribution in [1.29, 1.82) is 0 Å². The van der Waals surface area contributed by atoms with E-state index in [0.29, 0.717) is 11.5 Å². The number of halogens is 1. The number of benzene rings is 3. The third-order valence-corrected chi connectivity index (χ3v) is 6.61. The Morgan fingerprint density at radius 1 is 0.971 bits per heavy atom. The molecule has 1 N–H and O–H groups in total. The standard InChI is InChI=1S/C29H29BrN2O2/c1-5-26(20-8-6-19(7-9-20)18(2)3)32-29(33)25-17-28(21-10-13-23(34-4)14-11-21)31-27-15-12-22(30)16-24(25)27/h6-18,26H,5H2,1-4H3,(H,32,33)/t26-/m0/s1. The number of amides is 1. The number of pyridine rings is 1. The Balaban J connectivity index is 1.72. The van der Waals surface area contributed by atoms with Gasteiger partial charge in [-0.05, 0) is 72.0 Å². The molecule has 0 bridgehead atoms. The van der Waals surface area contributed by atoms with Crippen molar-refractivity contribution in [2.75, 3.05) is 7.11 Å². The van der Waals surface area contributed by atoms with Gasteiger partial charge < -0.3 is 10.1 Å². The normalized spacial score (nSPS) is 12.1. The molecule has 1 amide bonds. The van der Waals surface area contributed by atoms with E-state index in [-0.39, 0.29) is 11.9 Å². The highest BCUT2D eigenvalue weighted by atomic mass is 79.9. The van der Waals surface area contributed by atoms with Gasteiger partial charge in [-0.25, -0.2) is 4.98 Å². The Morgan fingerprint density at radius 2 is 1.65 bits per heavy atom. The average molecular weight is 517 g/mol. The van der Waals surface area contributed by atoms with Crippen molar-refractivity contribution in [2.45, 2.75) is 39.2 Å². The largest absolute Gasteiger partial charge is 0.497 e. The van der Waals surface area contributed by atoms with E-state index < -0.39 is 0 Å². The number of carbonyl (C=O) groups excluding carboxylic acids is 1. The molecular formula is C29H29BrN2O2. The lowest BCUT2D eigenvalue weighted by molar-refractivity contribution is 0.0937. The molecule has 4 aromatic rings. The van der Waals surface area contributed by atoms with Crippen LogP contribution in [0, 0.1) is 0 Å². The van der Waals surface area contributed by atoms with Crippen LogP contribution in [-0.2, 0) is 0 Å². The van der Waals surface area contributed by atoms with E-state index in [2.05, 4.69) is 66.3 Å². The molecule has 0 aliphatic carbocycles. The number of hydrogen-bond acceptors (Lipinski definition) is 3. The maximum Gasteiger partial charge on any atom is 0.252 e. The van der Waals surface area contributed by atoms with Gasteiger partial charge in [-0.15, -0.1) is 0 Å². The summed E-state index contributed by atoms with van der Waals surface area (Å²) in [4.78, 5) is 18.4. The van der Waals surface area contributed by atoms with Crippen LogP contribution >= 0.6 is 15.9 Å². The first kappa shape index (κ1) is 24.0. The van der Waals surface area contributed by atoms with Crippen molar-refractivity contribution in [3.63, 3.8) is 0 Å². The predicted octanol–water partition coefficient (Wildman–Crippen LogP) is 7.68. The number of fused-ring (bicyclic) bond motifs is 1. The fourth-order valence-electron chi connectivity index (χ4n) is 4.07. The highest BCUT2D eigenvalue weighted by Gasteiger charge is 2.19. The van der Waals surface area contributed by atoms with Gasteiger partial charge in [-0.2, -0.15) is 0 Å². The zero-order valence-electron chi connectivity index (χ0n) is 19.9. The molecule has 5 heteroatoms. The van der Waals surface area contributed by atoms with Crippen LogP contribution in [0.15, 0.2) is 77.3 Å². The topological polar surface area (TPSA) is 51.2 Å². The Labute approximate surface area is 209 Å². The molecule has 3 aromatic carbocycles. The van der Waals surface area contributed by atoms with Gasteiger partial charge in [0.2, 0.25) is 0 Å². The van der Waals surface area contributed by atoms with Crippen molar-refractivity contribution in [3.05, 3.63) is 94.0 Å². The number of nitrogens with one attached hydrogen (secondary N) is 1. The minimum atomic E-state index is -0.111. The van der Waals surface area contributed by atoms with E-state index in [9.17, 15) is 4.79 Å². The molecule has 1 aromatic heterocycles. The van der Waals surface area contributed by atoms with Crippen LogP contribution in [0.5, 0.6) is 5.75 Å². The number of ether oxygens (including phenoxy) is 1. The Kier molecular flexibility index (Phi) is 7.32. The minimum Gasteiger partial charge on any atom is -0.497 e. The number of hydrogen-bond donors (Lipinski definition) is 1. The first-order valence-corrected chi connectivity index (χ1v) is 12.3. The maximum atomic E-state index is 13.6. The fraction of sp³-hybridized carbons (Fsp3) is 0.241. The summed E-state index contributed by atoms with van der Waals surface area (Å²) in [6.07, 6.45) is 0.796. The van der Waals surface area contributed by atoms with E-state index in [1.165, 1.54) is 5.56 Å². The summed E-state index contributed by atoms with van der Waals surface area (Å²) in [5, 5.41) is 4.07. The molecule has 0 aliphatic heterocycles. The minimum absolute atomic E-state index is 0.0754. The summed E-state index contributed by atoms with van der Waals surface area (Å²) in [5.41, 5.74) is 5.45. The molecular weight excluding hydrogens is 488 g/mol. The molecule has 0 spiro atoms. The zero-order chi connectivity index (χ0) is 24.2. The molecule has 0 radical (unpaired) electrons. The van der Waals surface area contributed by atoms with Gasteiger partial charge in [0.05, 0.1) is 29.9 Å². The van der Waals surface area contributed by atoms with Crippen LogP contribution in [0.3, 0.4) is 0 Å². The third-order valence-electron chi connectivity index (χ3n) is 6.12. The summed E-state index contributed by atoms with van der Waals surface area (Å²) >= 11 is 3.54. The lowest BCUT2D eigenvalue weighted by Gasteiger charge is -2.19. The second-order valence-electron chi connectivity index (χ2n) is 8.70. The molecule has 174 valence electrons. The van der Waals surface area contributed by atoms with Crippen LogP contribution in [0.25, 0.3) is 22.2 Å². The quantitative estimate of drug-likeness (QED) is 0.274. The number of carbonyl (C=O) groups is 1. The van der Waals surface area contributed by atoms with Gasteiger partial charge in [0.15, 0.2) is 0 Å². The van der Waals surface area contributed by atoms with Gasteiger partial charge >= 0.3 is 0 Å². The highest BCUT2D eigenvalue weighted by molar-refractivity contribution is 9.10. The monoisotopic (exact) mass is 516 g/mol. The second-order valence-corrected chi connectivity index (χ2v) is 9.62. The van der Waals surface area contributed by atoms with Crippen molar-refractivity contribution in [1.82, 2.24) is 10.3 Å². The highest BCUT2D eigenvalue weighted by Crippen LogP contribution is 2.29. The molecule has 0 fully saturated rings. The number of methoxy groups -OCH3 is 1. The Hall–Kier alpha value is -3.18. The molecule has 1 atom stereocenters. The van der Waals surface area contributed by atoms with Gasteiger partial charge in [-0.3, -0.25) is 4.79 Å². The van der Waals surface area contributed by atoms with E-state index in [1.54, 1.807) is 7.11 Å². The Bertz CT molecular complexity index is 1300. The van der Waals surface area contributed by atoms with Crippen LogP contribution in [0.4, 0.5) is 0 Å². The van der Waals surface area contributed by atoms with Gasteiger partial charge in [-0.1, -0.05) is 61.0 Å². The SMILES string of the molecule is CC[C@H](NC(=O)c1cc(-c2ccc(OC)cc2)nc2ccc(Br)cc12)c1ccc(C(C)C)cc1. The summed E-state index contributed by atoms with van der Waals surface area (Å²) in [6, 6.07) is 23.9. The van der Waals surface area contributed by atoms with Crippen molar-refractivity contribution < 1.29 is 9.53 Å². The van der Waals surface area contributed by atoms with Crippen molar-refractivity contribution in [2.24, 2.45) is 0 Å². The van der Waals surface area contributed by atoms with Crippen LogP contribution in [0.2, 0.25) is 0 Å². The lowest BCUT2D eigenvalue weighted by atomic mass is 9.97. The van der Waals surface area contributed by atoms with Gasteiger partial charge in [0, 0.05) is 15.4 Å². The van der Waals surface area contributed by atoms with E-state index in [1.807, 2.05) is 48.5 Å². The lowest BCUT2D eigenvalue weighted by Crippen LogP contribution is -2.28. The van der Waals surface area contributed by atoms with Gasteiger partial charge in [0.25, 0.3) is 5.91 Å². The molecule has 4 rings (SSSR count). The van der Waals surface area contributed by atoms with Crippen LogP contribution in [0.1, 0.15) is 60.6 Å². The first-order valence-electron chi connectivity index (χ1n) is 11.5. The first-order chi connectivity index (χ1) is 16.4. The molecule has 0 saturated heterocycles. The van der Waals surface area contributed by atoms with Crippen molar-refractivity contribution >= 4 is 32.7 Å². The molecule has 4 nitrogen and oxygen atoms in total. The summed E-state index contributed by atoms with van der Waals surface area (Å²) in [6.45, 7) is 6.45. The second kappa shape index (κ2) is 10.4. The van der Waals surface area contributed by atoms with E-state index in [0.717, 1.165) is 44.4 Å². The molecule has 34 heavy (non-hydrogen) atoms. The predicted molar refractivity (Wildman–Crippen MR) is 142 cm³/mol. The van der Waals surface area contributed by atoms with E-state index in [4.69, 9.17) is 9.72 Å². The summed E-state index contributed by atoms with van der Waals surface area (Å²) < 4.78 is 6.19. The number of rotatable bonds is 7. The third kappa shape index (κ3) is 5.15. The molecule has 0 aliphatic rings. The molecule has 0 unspecified atom stereocenters. The van der Waals surface area contributed by atoms with Crippen molar-refractivity contribution in [3.8, 4) is 17.0 Å². The number of aromatic nitrogens is 1. The summed E-state index contributed by atoms with van der Waals surface area (Å²) in [5.74, 6) is 1.14. The fourth-order valence-corrected chi connectivity index (χ4v) is 4.43. The maximum absolute atomic E-state index is 13.6. The van der Waals surface area contributed by atoms with E-state index >= 15 is 0 Å². The molecule has 0 saturated carbocycles. The Morgan fingerprint density at radius 3 is 2.26 bits per heavy atom. The van der Waals surface area contributed by atoms with Crippen LogP contribution < -0.4 is 10.1 Å². The zero-order valence-corrected chi connectivity index (χ0v) is 21.5. The summed E-state index contributed by atoms with van der Waals surface area (Å²) in [7, 11) is 1.64. The smallest absolute Gasteiger partial charge is 0.252 e. The average Bonchev–Trinajstić information content (AvgIpc) is 2.86. The number of nitrogens with zero attached hydrogens (tertiary/aromatic N) is 1. The van der Waals surface area contributed by atoms with Crippen LogP contribution in [-0.4, -0.2) is 18.0 Å².